The van der Waals surface area contributed by atoms with E-state index in [4.69, 9.17) is 17.1 Å². The van der Waals surface area contributed by atoms with E-state index < -0.39 is 24.2 Å². The van der Waals surface area contributed by atoms with E-state index in [1.54, 1.807) is 30.5 Å². The van der Waals surface area contributed by atoms with Crippen molar-refractivity contribution in [2.24, 2.45) is 0 Å². The first kappa shape index (κ1) is 20.0. The number of benzene rings is 8. The van der Waals surface area contributed by atoms with Crippen LogP contribution in [0.15, 0.2) is 179 Å². The van der Waals surface area contributed by atoms with Crippen LogP contribution in [-0.4, -0.2) is 0 Å². The molecule has 0 aliphatic rings. The summed E-state index contributed by atoms with van der Waals surface area (Å²) in [5.41, 5.74) is 7.65. The Bertz CT molecular complexity index is 3180. The lowest BCUT2D eigenvalue weighted by atomic mass is 9.86. The number of hydrogen-bond acceptors (Lipinski definition) is 2. The van der Waals surface area contributed by atoms with Crippen molar-refractivity contribution in [3.05, 3.63) is 170 Å². The topological polar surface area (TPSA) is 26.3 Å². The van der Waals surface area contributed by atoms with Crippen molar-refractivity contribution in [1.29, 1.82) is 0 Å². The molecule has 10 rings (SSSR count). The number of rotatable bonds is 4. The molecule has 0 spiro atoms. The van der Waals surface area contributed by atoms with Crippen LogP contribution < -0.4 is 0 Å². The van der Waals surface area contributed by atoms with Crippen LogP contribution in [0.5, 0.6) is 0 Å². The Hall–Kier alpha value is -6.38. The molecule has 48 heavy (non-hydrogen) atoms. The summed E-state index contributed by atoms with van der Waals surface area (Å²) in [4.78, 5) is 0. The molecule has 0 saturated heterocycles. The highest BCUT2D eigenvalue weighted by Crippen LogP contribution is 2.44. The second-order valence-electron chi connectivity index (χ2n) is 11.8. The quantitative estimate of drug-likeness (QED) is 0.183. The lowest BCUT2D eigenvalue weighted by Gasteiger charge is -2.18. The smallest absolute Gasteiger partial charge is 0.147 e. The maximum Gasteiger partial charge on any atom is 0.147 e. The summed E-state index contributed by atoms with van der Waals surface area (Å²) in [5.74, 6) is 0. The predicted octanol–water partition coefficient (Wildman–Crippen LogP) is 13.3. The molecule has 2 aromatic heterocycles. The zero-order chi connectivity index (χ0) is 38.6. The molecule has 0 amide bonds. The summed E-state index contributed by atoms with van der Waals surface area (Å²) in [6.45, 7) is 0. The van der Waals surface area contributed by atoms with Gasteiger partial charge in [-0.05, 0) is 84.8 Å². The van der Waals surface area contributed by atoms with Gasteiger partial charge < -0.3 is 8.83 Å². The minimum atomic E-state index is -0.428. The van der Waals surface area contributed by atoms with Crippen LogP contribution >= 0.6 is 0 Å². The summed E-state index contributed by atoms with van der Waals surface area (Å²) in [5, 5.41) is 3.59. The summed E-state index contributed by atoms with van der Waals surface area (Å²) < 4.78 is 83.7. The third-order valence-electron chi connectivity index (χ3n) is 9.21. The molecule has 0 atom stereocenters. The first-order chi connectivity index (χ1) is 27.1. The van der Waals surface area contributed by atoms with E-state index in [1.165, 1.54) is 0 Å². The van der Waals surface area contributed by atoms with Crippen molar-refractivity contribution >= 4 is 54.5 Å². The third-order valence-corrected chi connectivity index (χ3v) is 9.21. The molecule has 8 aromatic carbocycles. The van der Waals surface area contributed by atoms with Crippen LogP contribution in [-0.2, 0) is 0 Å². The van der Waals surface area contributed by atoms with Crippen molar-refractivity contribution in [3.8, 4) is 44.5 Å². The maximum absolute atomic E-state index is 9.17. The summed E-state index contributed by atoms with van der Waals surface area (Å²) >= 11 is 0. The lowest BCUT2D eigenvalue weighted by molar-refractivity contribution is 0.616. The van der Waals surface area contributed by atoms with Gasteiger partial charge in [0, 0.05) is 16.3 Å². The molecule has 2 heterocycles. The fraction of sp³-hybridized carbons (Fsp3) is 0. The summed E-state index contributed by atoms with van der Waals surface area (Å²) in [6, 6.07) is 33.7. The first-order valence-corrected chi connectivity index (χ1v) is 15.7. The number of hydrogen-bond donors (Lipinski definition) is 0. The van der Waals surface area contributed by atoms with Gasteiger partial charge in [-0.2, -0.15) is 0 Å². The highest BCUT2D eigenvalue weighted by atomic mass is 16.3. The zero-order valence-electron chi connectivity index (χ0n) is 33.4. The molecule has 0 N–H and O–H groups in total. The van der Waals surface area contributed by atoms with Gasteiger partial charge in [-0.15, -0.1) is 0 Å². The predicted molar refractivity (Wildman–Crippen MR) is 200 cm³/mol. The van der Waals surface area contributed by atoms with Gasteiger partial charge in [-0.1, -0.05) is 139 Å². The second-order valence-corrected chi connectivity index (χ2v) is 11.8. The van der Waals surface area contributed by atoms with Gasteiger partial charge in [0.2, 0.25) is 0 Å². The van der Waals surface area contributed by atoms with Crippen molar-refractivity contribution < 1.29 is 19.8 Å². The average molecular weight is 621 g/mol. The van der Waals surface area contributed by atoms with Crippen molar-refractivity contribution in [2.45, 2.75) is 0 Å². The summed E-state index contributed by atoms with van der Waals surface area (Å²) in [7, 11) is 0. The zero-order valence-corrected chi connectivity index (χ0v) is 25.4. The third kappa shape index (κ3) is 4.06. The maximum atomic E-state index is 9.17. The second kappa shape index (κ2) is 10.6. The van der Waals surface area contributed by atoms with E-state index in [1.807, 2.05) is 91.0 Å². The normalized spacial score (nSPS) is 14.1. The monoisotopic (exact) mass is 620 g/mol. The molecule has 10 aromatic rings. The fourth-order valence-electron chi connectivity index (χ4n) is 7.00. The van der Waals surface area contributed by atoms with E-state index >= 15 is 0 Å². The SMILES string of the molecule is [2H]c1c([2H])c([2H])c2c(-c3ccc(-c4ccc5c(c4)oc4c5ccc5occ(-c6ccccc6)c54)cc3)c3c([2H])c([2H])c([2H])c([2H])c3c(-c3ccccc3)c2c1[2H]. The van der Waals surface area contributed by atoms with Crippen LogP contribution in [0.25, 0.3) is 99.0 Å². The van der Waals surface area contributed by atoms with E-state index in [0.29, 0.717) is 27.8 Å². The average Bonchev–Trinajstić information content (AvgIpc) is 3.84. The Balaban J connectivity index is 1.19. The van der Waals surface area contributed by atoms with E-state index in [9.17, 15) is 2.74 Å². The highest BCUT2D eigenvalue weighted by Gasteiger charge is 2.19. The van der Waals surface area contributed by atoms with Crippen molar-refractivity contribution in [1.82, 2.24) is 0 Å². The summed E-state index contributed by atoms with van der Waals surface area (Å²) in [6.07, 6.45) is 1.76. The molecule has 0 unspecified atom stereocenters. The van der Waals surface area contributed by atoms with Crippen LogP contribution in [0, 0.1) is 0 Å². The molecule has 0 saturated carbocycles. The largest absolute Gasteiger partial charge is 0.464 e. The Labute approximate surface area is 288 Å². The highest BCUT2D eigenvalue weighted by molar-refractivity contribution is 6.21. The molecule has 0 fully saturated rings. The Morgan fingerprint density at radius 3 is 1.56 bits per heavy atom. The minimum Gasteiger partial charge on any atom is -0.464 e. The molecule has 0 radical (unpaired) electrons. The van der Waals surface area contributed by atoms with E-state index in [0.717, 1.165) is 49.6 Å². The molecule has 0 bridgehead atoms. The van der Waals surface area contributed by atoms with Gasteiger partial charge in [-0.3, -0.25) is 0 Å². The fourth-order valence-corrected chi connectivity index (χ4v) is 7.00. The molecule has 224 valence electrons. The van der Waals surface area contributed by atoms with Crippen molar-refractivity contribution in [3.63, 3.8) is 0 Å². The van der Waals surface area contributed by atoms with E-state index in [-0.39, 0.29) is 45.7 Å². The van der Waals surface area contributed by atoms with Gasteiger partial charge >= 0.3 is 0 Å². The van der Waals surface area contributed by atoms with Crippen molar-refractivity contribution in [2.75, 3.05) is 0 Å². The Morgan fingerprint density at radius 1 is 0.417 bits per heavy atom. The standard InChI is InChI=1S/C46H28O2/c1-3-11-30(12-4-1)40-28-47-41-26-25-39-34-24-23-33(27-42(34)48-46(39)45(40)41)29-19-21-32(22-20-29)44-37-17-9-7-15-35(37)43(31-13-5-2-6-14-31)36-16-8-10-18-38(36)44/h1-28H/i7D,8D,9D,10D,15D,16D,17D,18D. The minimum absolute atomic E-state index is 0.185. The van der Waals surface area contributed by atoms with Crippen LogP contribution in [0.4, 0.5) is 0 Å². The molecule has 2 heteroatoms. The van der Waals surface area contributed by atoms with Gasteiger partial charge in [0.1, 0.15) is 16.7 Å². The molecular formula is C46H28O2. The number of fused-ring (bicyclic) bond motifs is 7. The molecule has 0 aliphatic heterocycles. The lowest BCUT2D eigenvalue weighted by Crippen LogP contribution is -1.90. The Kier molecular flexibility index (Phi) is 4.41. The Morgan fingerprint density at radius 2 is 0.938 bits per heavy atom. The first-order valence-electron chi connectivity index (χ1n) is 19.7. The molecule has 2 nitrogen and oxygen atoms in total. The van der Waals surface area contributed by atoms with Crippen LogP contribution in [0.2, 0.25) is 0 Å². The van der Waals surface area contributed by atoms with Gasteiger partial charge in [0.05, 0.1) is 22.6 Å². The molecular weight excluding hydrogens is 585 g/mol. The molecule has 0 aliphatic carbocycles. The van der Waals surface area contributed by atoms with Crippen LogP contribution in [0.1, 0.15) is 11.0 Å². The van der Waals surface area contributed by atoms with E-state index in [2.05, 4.69) is 0 Å². The van der Waals surface area contributed by atoms with Gasteiger partial charge in [0.15, 0.2) is 0 Å². The number of furan rings is 2. The van der Waals surface area contributed by atoms with Gasteiger partial charge in [-0.25, -0.2) is 0 Å². The van der Waals surface area contributed by atoms with Crippen LogP contribution in [0.3, 0.4) is 0 Å². The van der Waals surface area contributed by atoms with Gasteiger partial charge in [0.25, 0.3) is 0 Å².